The van der Waals surface area contributed by atoms with E-state index in [4.69, 9.17) is 4.74 Å². The number of benzene rings is 4. The zero-order valence-corrected chi connectivity index (χ0v) is 19.2. The van der Waals surface area contributed by atoms with E-state index in [0.29, 0.717) is 12.2 Å². The Bertz CT molecular complexity index is 1220. The van der Waals surface area contributed by atoms with Crippen LogP contribution in [0, 0.1) is 5.41 Å². The lowest BCUT2D eigenvalue weighted by Crippen LogP contribution is -2.47. The quantitative estimate of drug-likeness (QED) is 0.164. The van der Waals surface area contributed by atoms with Gasteiger partial charge in [0.25, 0.3) is 0 Å². The van der Waals surface area contributed by atoms with Gasteiger partial charge in [0.1, 0.15) is 5.75 Å². The van der Waals surface area contributed by atoms with Gasteiger partial charge in [0.05, 0.1) is 5.41 Å². The van der Waals surface area contributed by atoms with Gasteiger partial charge in [-0.05, 0) is 36.0 Å². The summed E-state index contributed by atoms with van der Waals surface area (Å²) in [5, 5.41) is 0. The number of para-hydroxylation sites is 1. The smallest absolute Gasteiger partial charge is 0.318 e. The van der Waals surface area contributed by atoms with Crippen molar-refractivity contribution in [2.45, 2.75) is 25.2 Å². The largest absolute Gasteiger partial charge is 0.425 e. The van der Waals surface area contributed by atoms with Crippen LogP contribution in [-0.4, -0.2) is 5.97 Å². The Morgan fingerprint density at radius 1 is 0.794 bits per heavy atom. The van der Waals surface area contributed by atoms with Crippen molar-refractivity contribution in [3.05, 3.63) is 127 Å². The molecule has 0 heterocycles. The van der Waals surface area contributed by atoms with Crippen LogP contribution in [0.1, 0.15) is 30.7 Å². The zero-order chi connectivity index (χ0) is 23.4. The monoisotopic (exact) mass is 444 g/mol. The molecule has 0 amide bonds. The van der Waals surface area contributed by atoms with Gasteiger partial charge in [-0.25, -0.2) is 0 Å². The van der Waals surface area contributed by atoms with Crippen molar-refractivity contribution < 1.29 is 9.53 Å². The molecule has 1 saturated carbocycles. The molecule has 2 nitrogen and oxygen atoms in total. The van der Waals surface area contributed by atoms with Gasteiger partial charge in [0, 0.05) is 17.0 Å². The average molecular weight is 445 g/mol. The summed E-state index contributed by atoms with van der Waals surface area (Å²) >= 11 is 0. The van der Waals surface area contributed by atoms with Crippen LogP contribution in [0.25, 0.3) is 22.3 Å². The third-order valence-corrected chi connectivity index (χ3v) is 7.04. The molecule has 0 radical (unpaired) electrons. The number of carbonyl (C=O) groups is 1. The van der Waals surface area contributed by atoms with Gasteiger partial charge in [-0.1, -0.05) is 115 Å². The molecule has 2 atom stereocenters. The van der Waals surface area contributed by atoms with E-state index in [1.807, 2.05) is 78.9 Å². The predicted octanol–water partition coefficient (Wildman–Crippen LogP) is 8.07. The summed E-state index contributed by atoms with van der Waals surface area (Å²) in [4.78, 5) is 14.0. The first-order valence-electron chi connectivity index (χ1n) is 11.8. The predicted molar refractivity (Wildman–Crippen MR) is 139 cm³/mol. The second kappa shape index (κ2) is 9.52. The molecule has 0 aliphatic heterocycles. The van der Waals surface area contributed by atoms with Gasteiger partial charge < -0.3 is 4.74 Å². The minimum absolute atomic E-state index is 0.128. The lowest BCUT2D eigenvalue weighted by molar-refractivity contribution is -0.153. The average Bonchev–Trinajstić information content (AvgIpc) is 2.88. The lowest BCUT2D eigenvalue weighted by Gasteiger charge is -2.47. The highest BCUT2D eigenvalue weighted by atomic mass is 16.5. The molecular formula is C32H28O2. The van der Waals surface area contributed by atoms with Crippen LogP contribution in [0.5, 0.6) is 5.75 Å². The Hall–Kier alpha value is -3.91. The van der Waals surface area contributed by atoms with Crippen molar-refractivity contribution in [1.29, 1.82) is 0 Å². The van der Waals surface area contributed by atoms with Crippen LogP contribution in [-0.2, 0) is 4.79 Å². The van der Waals surface area contributed by atoms with Crippen LogP contribution in [0.2, 0.25) is 0 Å². The number of ether oxygens (including phenoxy) is 1. The minimum Gasteiger partial charge on any atom is -0.425 e. The van der Waals surface area contributed by atoms with Crippen LogP contribution in [0.15, 0.2) is 122 Å². The van der Waals surface area contributed by atoms with Crippen molar-refractivity contribution in [1.82, 2.24) is 0 Å². The topological polar surface area (TPSA) is 26.3 Å². The van der Waals surface area contributed by atoms with Gasteiger partial charge >= 0.3 is 5.97 Å². The number of carbonyl (C=O) groups excluding carboxylic acids is 1. The highest BCUT2D eigenvalue weighted by Crippen LogP contribution is 2.56. The Morgan fingerprint density at radius 2 is 1.32 bits per heavy atom. The fourth-order valence-electron chi connectivity index (χ4n) is 5.17. The summed E-state index contributed by atoms with van der Waals surface area (Å²) in [6.45, 7) is 3.97. The number of hydrogen-bond acceptors (Lipinski definition) is 2. The normalized spacial score (nSPS) is 19.1. The molecule has 0 spiro atoms. The first kappa shape index (κ1) is 21.9. The molecule has 1 aliphatic carbocycles. The van der Waals surface area contributed by atoms with Crippen LogP contribution < -0.4 is 4.74 Å². The Kier molecular flexibility index (Phi) is 6.14. The zero-order valence-electron chi connectivity index (χ0n) is 19.2. The highest BCUT2D eigenvalue weighted by Gasteiger charge is 2.53. The lowest BCUT2D eigenvalue weighted by atomic mass is 9.56. The molecule has 2 heteroatoms. The number of esters is 1. The molecule has 0 N–H and O–H groups in total. The Balaban J connectivity index is 1.59. The molecule has 0 bridgehead atoms. The van der Waals surface area contributed by atoms with E-state index >= 15 is 0 Å². The van der Waals surface area contributed by atoms with Crippen LogP contribution >= 0.6 is 0 Å². The fourth-order valence-corrected chi connectivity index (χ4v) is 5.17. The molecule has 1 fully saturated rings. The van der Waals surface area contributed by atoms with Gasteiger partial charge in [-0.2, -0.15) is 0 Å². The third kappa shape index (κ3) is 3.97. The van der Waals surface area contributed by atoms with Gasteiger partial charge in [0.15, 0.2) is 0 Å². The number of hydrogen-bond donors (Lipinski definition) is 0. The third-order valence-electron chi connectivity index (χ3n) is 7.04. The van der Waals surface area contributed by atoms with Crippen molar-refractivity contribution in [3.8, 4) is 28.0 Å². The highest BCUT2D eigenvalue weighted by molar-refractivity contribution is 5.89. The van der Waals surface area contributed by atoms with Crippen molar-refractivity contribution in [2.24, 2.45) is 5.41 Å². The molecular weight excluding hydrogens is 416 g/mol. The number of rotatable bonds is 7. The maximum atomic E-state index is 14.0. The molecule has 0 saturated heterocycles. The first-order valence-corrected chi connectivity index (χ1v) is 11.8. The fraction of sp³-hybridized carbons (Fsp3) is 0.156. The summed E-state index contributed by atoms with van der Waals surface area (Å²) in [5.41, 5.74) is 4.47. The van der Waals surface area contributed by atoms with E-state index in [1.165, 1.54) is 5.56 Å². The second-order valence-corrected chi connectivity index (χ2v) is 8.95. The standard InChI is InChI=1S/C32H28O2/c1-2-22-32(23-21-29(32)26-17-10-5-11-18-26)31(33)34-30-27(24-13-6-3-7-14-24)19-12-20-28(30)25-15-8-4-9-16-25/h2-20,29H,1,21-23H2/t29-,32-/m0/s1. The van der Waals surface area contributed by atoms with Gasteiger partial charge in [-0.3, -0.25) is 4.79 Å². The van der Waals surface area contributed by atoms with Gasteiger partial charge in [-0.15, -0.1) is 6.58 Å². The summed E-state index contributed by atoms with van der Waals surface area (Å²) in [6.07, 6.45) is 4.22. The minimum atomic E-state index is -0.596. The van der Waals surface area contributed by atoms with Crippen molar-refractivity contribution in [2.75, 3.05) is 0 Å². The molecule has 5 rings (SSSR count). The van der Waals surface area contributed by atoms with E-state index in [1.54, 1.807) is 0 Å². The van der Waals surface area contributed by atoms with Crippen molar-refractivity contribution in [3.63, 3.8) is 0 Å². The summed E-state index contributed by atoms with van der Waals surface area (Å²) in [7, 11) is 0. The SMILES string of the molecule is C=CC[C@]1(C(=O)Oc2c(-c3ccccc3)cccc2-c2ccccc2)CC[C@H]1c1ccccc1. The van der Waals surface area contributed by atoms with E-state index in [2.05, 4.69) is 43.0 Å². The Morgan fingerprint density at radius 3 is 1.79 bits per heavy atom. The molecule has 0 unspecified atom stereocenters. The number of allylic oxidation sites excluding steroid dienone is 1. The van der Waals surface area contributed by atoms with E-state index in [0.717, 1.165) is 35.1 Å². The van der Waals surface area contributed by atoms with Crippen LogP contribution in [0.3, 0.4) is 0 Å². The molecule has 0 aromatic heterocycles. The summed E-state index contributed by atoms with van der Waals surface area (Å²) < 4.78 is 6.41. The summed E-state index contributed by atoms with van der Waals surface area (Å²) in [5.74, 6) is 0.573. The second-order valence-electron chi connectivity index (χ2n) is 8.95. The molecule has 4 aromatic rings. The maximum Gasteiger partial charge on any atom is 0.318 e. The van der Waals surface area contributed by atoms with E-state index < -0.39 is 5.41 Å². The van der Waals surface area contributed by atoms with Gasteiger partial charge in [0.2, 0.25) is 0 Å². The van der Waals surface area contributed by atoms with E-state index in [9.17, 15) is 4.79 Å². The molecule has 168 valence electrons. The first-order chi connectivity index (χ1) is 16.7. The summed E-state index contributed by atoms with van der Waals surface area (Å²) in [6, 6.07) is 36.6. The molecule has 1 aliphatic rings. The van der Waals surface area contributed by atoms with Crippen molar-refractivity contribution >= 4 is 5.97 Å². The van der Waals surface area contributed by atoms with E-state index in [-0.39, 0.29) is 11.9 Å². The molecule has 34 heavy (non-hydrogen) atoms. The van der Waals surface area contributed by atoms with Crippen LogP contribution in [0.4, 0.5) is 0 Å². The Labute approximate surface area is 201 Å². The molecule has 4 aromatic carbocycles. The maximum absolute atomic E-state index is 14.0.